The molecule has 2 aromatic heterocycles. The Hall–Kier alpha value is -3.93. The van der Waals surface area contributed by atoms with Crippen LogP contribution in [0.25, 0.3) is 20.8 Å². The molecule has 5 rings (SSSR count). The maximum Gasteiger partial charge on any atom is 0.264 e. The number of thiazole rings is 1. The van der Waals surface area contributed by atoms with Crippen molar-refractivity contribution in [1.82, 2.24) is 15.0 Å². The Labute approximate surface area is 217 Å². The number of aromatic nitrogens is 3. The van der Waals surface area contributed by atoms with Gasteiger partial charge in [-0.2, -0.15) is 0 Å². The molecule has 0 amide bonds. The van der Waals surface area contributed by atoms with Crippen LogP contribution in [-0.4, -0.2) is 28.5 Å². The van der Waals surface area contributed by atoms with Gasteiger partial charge in [-0.3, -0.25) is 0 Å². The van der Waals surface area contributed by atoms with Crippen molar-refractivity contribution in [3.05, 3.63) is 90.8 Å². The number of sulfonamides is 1. The number of aryl methyl sites for hydroxylation is 1. The van der Waals surface area contributed by atoms with Crippen molar-refractivity contribution in [3.63, 3.8) is 0 Å². The topological polar surface area (TPSA) is 109 Å². The van der Waals surface area contributed by atoms with Crippen LogP contribution in [0.3, 0.4) is 0 Å². The lowest BCUT2D eigenvalue weighted by molar-refractivity contribution is 0.601. The molecule has 11 heteroatoms. The second kappa shape index (κ2) is 9.97. The highest BCUT2D eigenvalue weighted by atomic mass is 32.2. The zero-order valence-corrected chi connectivity index (χ0v) is 21.4. The van der Waals surface area contributed by atoms with Crippen molar-refractivity contribution in [2.45, 2.75) is 11.8 Å². The third-order valence-corrected chi connectivity index (χ3v) is 7.76. The molecule has 0 atom stereocenters. The van der Waals surface area contributed by atoms with Crippen LogP contribution in [0.1, 0.15) is 5.56 Å². The van der Waals surface area contributed by atoms with Gasteiger partial charge in [0.05, 0.1) is 15.1 Å². The van der Waals surface area contributed by atoms with E-state index in [2.05, 4.69) is 44.4 Å². The predicted octanol–water partition coefficient (Wildman–Crippen LogP) is 5.67. The maximum absolute atomic E-state index is 12.5. The summed E-state index contributed by atoms with van der Waals surface area (Å²) in [5, 5.41) is 7.54. The first-order valence-electron chi connectivity index (χ1n) is 10.8. The van der Waals surface area contributed by atoms with E-state index in [0.29, 0.717) is 10.8 Å². The molecule has 0 aliphatic rings. The van der Waals surface area contributed by atoms with Gasteiger partial charge in [0.1, 0.15) is 5.01 Å². The zero-order valence-electron chi connectivity index (χ0n) is 19.0. The minimum absolute atomic E-state index is 0.00864. The molecule has 0 saturated heterocycles. The van der Waals surface area contributed by atoms with Crippen molar-refractivity contribution in [2.24, 2.45) is 0 Å². The summed E-state index contributed by atoms with van der Waals surface area (Å²) in [5.74, 6) is 0.00864. The fourth-order valence-corrected chi connectivity index (χ4v) is 5.66. The second-order valence-corrected chi connectivity index (χ2v) is 11.0. The minimum Gasteiger partial charge on any atom is -0.332 e. The molecule has 0 aliphatic carbocycles. The van der Waals surface area contributed by atoms with Crippen LogP contribution in [0, 0.1) is 6.92 Å². The van der Waals surface area contributed by atoms with E-state index in [9.17, 15) is 8.42 Å². The molecule has 36 heavy (non-hydrogen) atoms. The van der Waals surface area contributed by atoms with E-state index in [1.165, 1.54) is 34.8 Å². The molecule has 3 N–H and O–H groups in total. The predicted molar refractivity (Wildman–Crippen MR) is 149 cm³/mol. The summed E-state index contributed by atoms with van der Waals surface area (Å²) in [5.41, 5.74) is 4.71. The summed E-state index contributed by atoms with van der Waals surface area (Å²) in [7, 11) is -3.80. The lowest BCUT2D eigenvalue weighted by Crippen LogP contribution is -2.19. The van der Waals surface area contributed by atoms with E-state index in [1.807, 2.05) is 30.3 Å². The van der Waals surface area contributed by atoms with Gasteiger partial charge in [0.25, 0.3) is 10.0 Å². The monoisotopic (exact) mass is 532 g/mol. The Morgan fingerprint density at radius 1 is 0.889 bits per heavy atom. The van der Waals surface area contributed by atoms with Gasteiger partial charge < -0.3 is 10.6 Å². The highest BCUT2D eigenvalue weighted by molar-refractivity contribution is 7.92. The Morgan fingerprint density at radius 3 is 2.19 bits per heavy atom. The van der Waals surface area contributed by atoms with Crippen molar-refractivity contribution in [3.8, 4) is 10.6 Å². The highest BCUT2D eigenvalue weighted by Gasteiger charge is 2.15. The van der Waals surface area contributed by atoms with E-state index in [0.717, 1.165) is 21.8 Å². The molecule has 0 aliphatic heterocycles. The number of anilines is 3. The highest BCUT2D eigenvalue weighted by Crippen LogP contribution is 2.31. The molecule has 0 fully saturated rings. The van der Waals surface area contributed by atoms with E-state index < -0.39 is 10.0 Å². The molecule has 0 radical (unpaired) electrons. The number of nitrogens with zero attached hydrogens (tertiary/aromatic N) is 3. The number of nitrogens with one attached hydrogen (secondary N) is 3. The van der Waals surface area contributed by atoms with Crippen LogP contribution in [0.15, 0.2) is 90.1 Å². The van der Waals surface area contributed by atoms with E-state index in [4.69, 9.17) is 17.2 Å². The van der Waals surface area contributed by atoms with Crippen molar-refractivity contribution < 1.29 is 8.42 Å². The quantitative estimate of drug-likeness (QED) is 0.240. The molecule has 3 aromatic carbocycles. The summed E-state index contributed by atoms with van der Waals surface area (Å²) in [6.45, 7) is 2.07. The average molecular weight is 533 g/mol. The standard InChI is InChI=1S/C25H20N6O2S3/c1-16-3-12-21-22(15-16)35-23(30-21)17-4-6-18(7-5-17)28-25(34)29-19-8-10-20(11-9-19)36(32,33)31-24-26-13-2-14-27-24/h2-15H,1H3,(H,26,27,31)(H2,28,29,34). The second-order valence-electron chi connectivity index (χ2n) is 7.85. The molecular weight excluding hydrogens is 513 g/mol. The van der Waals surface area contributed by atoms with Gasteiger partial charge in [0.15, 0.2) is 5.11 Å². The zero-order chi connectivity index (χ0) is 25.1. The summed E-state index contributed by atoms with van der Waals surface area (Å²) in [6.07, 6.45) is 2.92. The van der Waals surface area contributed by atoms with Gasteiger partial charge >= 0.3 is 0 Å². The Balaban J connectivity index is 1.21. The fourth-order valence-electron chi connectivity index (χ4n) is 3.39. The van der Waals surface area contributed by atoms with Gasteiger partial charge in [-0.1, -0.05) is 6.07 Å². The summed E-state index contributed by atoms with van der Waals surface area (Å²) < 4.78 is 28.5. The normalized spacial score (nSPS) is 11.2. The lowest BCUT2D eigenvalue weighted by Gasteiger charge is -2.12. The Morgan fingerprint density at radius 2 is 1.53 bits per heavy atom. The third kappa shape index (κ3) is 5.48. The van der Waals surface area contributed by atoms with Crippen LogP contribution < -0.4 is 15.4 Å². The average Bonchev–Trinajstić information content (AvgIpc) is 3.28. The number of rotatable bonds is 6. The summed E-state index contributed by atoms with van der Waals surface area (Å²) >= 11 is 7.08. The fraction of sp³-hybridized carbons (Fsp3) is 0.0400. The number of fused-ring (bicyclic) bond motifs is 1. The van der Waals surface area contributed by atoms with Crippen LogP contribution in [0.2, 0.25) is 0 Å². The van der Waals surface area contributed by atoms with Crippen molar-refractivity contribution >= 4 is 66.2 Å². The molecule has 2 heterocycles. The Bertz CT molecular complexity index is 1640. The molecule has 0 bridgehead atoms. The Kier molecular flexibility index (Phi) is 6.59. The molecule has 5 aromatic rings. The molecule has 0 spiro atoms. The van der Waals surface area contributed by atoms with E-state index in [-0.39, 0.29) is 10.8 Å². The maximum atomic E-state index is 12.5. The number of thiocarbonyl (C=S) groups is 1. The first-order chi connectivity index (χ1) is 17.4. The van der Waals surface area contributed by atoms with E-state index >= 15 is 0 Å². The summed E-state index contributed by atoms with van der Waals surface area (Å²) in [6, 6.07) is 21.9. The molecule has 0 unspecified atom stereocenters. The molecule has 0 saturated carbocycles. The van der Waals surface area contributed by atoms with Gasteiger partial charge in [-0.25, -0.2) is 28.1 Å². The smallest absolute Gasteiger partial charge is 0.264 e. The molecular formula is C25H20N6O2S3. The number of hydrogen-bond donors (Lipinski definition) is 3. The van der Waals surface area contributed by atoms with Crippen LogP contribution >= 0.6 is 23.6 Å². The van der Waals surface area contributed by atoms with Crippen LogP contribution in [-0.2, 0) is 10.0 Å². The first kappa shape index (κ1) is 23.8. The molecule has 180 valence electrons. The first-order valence-corrected chi connectivity index (χ1v) is 13.5. The van der Waals surface area contributed by atoms with Crippen molar-refractivity contribution in [2.75, 3.05) is 15.4 Å². The van der Waals surface area contributed by atoms with Gasteiger partial charge in [0, 0.05) is 29.3 Å². The van der Waals surface area contributed by atoms with Crippen molar-refractivity contribution in [1.29, 1.82) is 0 Å². The minimum atomic E-state index is -3.80. The molecule has 8 nitrogen and oxygen atoms in total. The number of benzene rings is 3. The number of hydrogen-bond acceptors (Lipinski definition) is 7. The third-order valence-electron chi connectivity index (χ3n) is 5.15. The van der Waals surface area contributed by atoms with Gasteiger partial charge in [-0.15, -0.1) is 11.3 Å². The summed E-state index contributed by atoms with van der Waals surface area (Å²) in [4.78, 5) is 12.6. The largest absolute Gasteiger partial charge is 0.332 e. The van der Waals surface area contributed by atoms with Gasteiger partial charge in [0.2, 0.25) is 5.95 Å². The SMILES string of the molecule is Cc1ccc2nc(-c3ccc(NC(=S)Nc4ccc(S(=O)(=O)Nc5ncccn5)cc4)cc3)sc2c1. The van der Waals surface area contributed by atoms with Crippen LogP contribution in [0.5, 0.6) is 0 Å². The lowest BCUT2D eigenvalue weighted by atomic mass is 10.2. The van der Waals surface area contributed by atoms with Gasteiger partial charge in [-0.05, 0) is 91.4 Å². The van der Waals surface area contributed by atoms with E-state index in [1.54, 1.807) is 29.5 Å². The van der Waals surface area contributed by atoms with Crippen LogP contribution in [0.4, 0.5) is 17.3 Å².